The van der Waals surface area contributed by atoms with Crippen LogP contribution in [0, 0.1) is 5.92 Å². The van der Waals surface area contributed by atoms with E-state index in [1.807, 2.05) is 0 Å². The van der Waals surface area contributed by atoms with Crippen LogP contribution in [0.2, 0.25) is 0 Å². The highest BCUT2D eigenvalue weighted by atomic mass is 14.0. The maximum absolute atomic E-state index is 2.38. The van der Waals surface area contributed by atoms with Crippen molar-refractivity contribution in [3.63, 3.8) is 0 Å². The van der Waals surface area contributed by atoms with Crippen LogP contribution in [0.25, 0.3) is 0 Å². The molecular formula is C19H36. The fourth-order valence-electron chi connectivity index (χ4n) is 2.24. The molecule has 0 aromatic rings. The Hall–Kier alpha value is -0.520. The Morgan fingerprint density at radius 1 is 0.632 bits per heavy atom. The standard InChI is InChI=1S/C19H36/c1-4-5-6-7-8-9-10-11-12-13-14-15-16-17-18-19(2)3/h4-5,16-17,19H,6-15,18H2,1-3H3/b5-4+,17-16+. The van der Waals surface area contributed by atoms with E-state index in [9.17, 15) is 0 Å². The second kappa shape index (κ2) is 15.5. The molecule has 0 aromatic heterocycles. The molecule has 0 N–H and O–H groups in total. The van der Waals surface area contributed by atoms with Gasteiger partial charge in [-0.1, -0.05) is 76.7 Å². The van der Waals surface area contributed by atoms with Crippen LogP contribution in [0.3, 0.4) is 0 Å². The van der Waals surface area contributed by atoms with E-state index in [-0.39, 0.29) is 0 Å². The Labute approximate surface area is 122 Å². The van der Waals surface area contributed by atoms with Crippen molar-refractivity contribution in [3.8, 4) is 0 Å². The minimum absolute atomic E-state index is 0.809. The van der Waals surface area contributed by atoms with Crippen molar-refractivity contribution < 1.29 is 0 Å². The molecule has 0 aliphatic carbocycles. The zero-order chi connectivity index (χ0) is 14.2. The first-order chi connectivity index (χ1) is 9.27. The van der Waals surface area contributed by atoms with Gasteiger partial charge in [0.1, 0.15) is 0 Å². The van der Waals surface area contributed by atoms with E-state index in [1.54, 1.807) is 0 Å². The molecule has 0 atom stereocenters. The molecule has 0 aromatic carbocycles. The van der Waals surface area contributed by atoms with Gasteiger partial charge in [-0.3, -0.25) is 0 Å². The van der Waals surface area contributed by atoms with Crippen molar-refractivity contribution in [1.29, 1.82) is 0 Å². The van der Waals surface area contributed by atoms with Crippen molar-refractivity contribution >= 4 is 0 Å². The zero-order valence-electron chi connectivity index (χ0n) is 13.7. The normalized spacial score (nSPS) is 12.2. The fourth-order valence-corrected chi connectivity index (χ4v) is 2.24. The third-order valence-corrected chi connectivity index (χ3v) is 3.50. The lowest BCUT2D eigenvalue weighted by Crippen LogP contribution is -1.82. The van der Waals surface area contributed by atoms with Crippen molar-refractivity contribution in [2.24, 2.45) is 5.92 Å². The van der Waals surface area contributed by atoms with Gasteiger partial charge < -0.3 is 0 Å². The van der Waals surface area contributed by atoms with Gasteiger partial charge in [0.2, 0.25) is 0 Å². The van der Waals surface area contributed by atoms with E-state index >= 15 is 0 Å². The minimum Gasteiger partial charge on any atom is -0.0917 e. The molecule has 0 saturated carbocycles. The molecule has 0 saturated heterocycles. The summed E-state index contributed by atoms with van der Waals surface area (Å²) in [6, 6.07) is 0. The smallest absolute Gasteiger partial charge is 0.0327 e. The molecule has 19 heavy (non-hydrogen) atoms. The van der Waals surface area contributed by atoms with Gasteiger partial charge in [-0.15, -0.1) is 0 Å². The van der Waals surface area contributed by atoms with Crippen LogP contribution in [0.5, 0.6) is 0 Å². The molecule has 0 unspecified atom stereocenters. The van der Waals surface area contributed by atoms with Crippen LogP contribution >= 0.6 is 0 Å². The number of unbranched alkanes of at least 4 members (excludes halogenated alkanes) is 9. The molecule has 0 amide bonds. The van der Waals surface area contributed by atoms with Gasteiger partial charge in [0.05, 0.1) is 0 Å². The monoisotopic (exact) mass is 264 g/mol. The predicted octanol–water partition coefficient (Wildman–Crippen LogP) is 7.07. The number of rotatable bonds is 13. The summed E-state index contributed by atoms with van der Waals surface area (Å²) in [7, 11) is 0. The van der Waals surface area contributed by atoms with E-state index < -0.39 is 0 Å². The average molecular weight is 264 g/mol. The summed E-state index contributed by atoms with van der Waals surface area (Å²) in [5.41, 5.74) is 0. The summed E-state index contributed by atoms with van der Waals surface area (Å²) < 4.78 is 0. The summed E-state index contributed by atoms with van der Waals surface area (Å²) in [6.45, 7) is 6.67. The van der Waals surface area contributed by atoms with Gasteiger partial charge in [0.15, 0.2) is 0 Å². The molecule has 0 heterocycles. The molecular weight excluding hydrogens is 228 g/mol. The van der Waals surface area contributed by atoms with E-state index in [4.69, 9.17) is 0 Å². The zero-order valence-corrected chi connectivity index (χ0v) is 13.7. The second-order valence-electron chi connectivity index (χ2n) is 6.08. The van der Waals surface area contributed by atoms with Crippen molar-refractivity contribution in [1.82, 2.24) is 0 Å². The lowest BCUT2D eigenvalue weighted by atomic mass is 10.1. The molecule has 0 aliphatic rings. The third-order valence-electron chi connectivity index (χ3n) is 3.50. The van der Waals surface area contributed by atoms with Gasteiger partial charge in [0, 0.05) is 0 Å². The molecule has 0 radical (unpaired) electrons. The van der Waals surface area contributed by atoms with Crippen molar-refractivity contribution in [2.75, 3.05) is 0 Å². The topological polar surface area (TPSA) is 0 Å². The molecule has 0 aliphatic heterocycles. The highest BCUT2D eigenvalue weighted by molar-refractivity contribution is 4.82. The molecule has 0 spiro atoms. The predicted molar refractivity (Wildman–Crippen MR) is 89.6 cm³/mol. The van der Waals surface area contributed by atoms with Crippen LogP contribution in [0.4, 0.5) is 0 Å². The summed E-state index contributed by atoms with van der Waals surface area (Å²) in [5.74, 6) is 0.809. The lowest BCUT2D eigenvalue weighted by molar-refractivity contribution is 0.570. The van der Waals surface area contributed by atoms with Crippen LogP contribution in [-0.4, -0.2) is 0 Å². The van der Waals surface area contributed by atoms with Crippen molar-refractivity contribution in [3.05, 3.63) is 24.3 Å². The van der Waals surface area contributed by atoms with Gasteiger partial charge in [-0.2, -0.15) is 0 Å². The second-order valence-corrected chi connectivity index (χ2v) is 6.08. The first-order valence-corrected chi connectivity index (χ1v) is 8.53. The van der Waals surface area contributed by atoms with E-state index in [1.165, 1.54) is 70.6 Å². The van der Waals surface area contributed by atoms with Crippen molar-refractivity contribution in [2.45, 2.75) is 91.4 Å². The van der Waals surface area contributed by atoms with Crippen LogP contribution in [0.1, 0.15) is 91.4 Å². The molecule has 0 heteroatoms. The van der Waals surface area contributed by atoms with Gasteiger partial charge in [0.25, 0.3) is 0 Å². The fraction of sp³-hybridized carbons (Fsp3) is 0.789. The Morgan fingerprint density at radius 3 is 1.58 bits per heavy atom. The Kier molecular flexibility index (Phi) is 15.1. The number of hydrogen-bond acceptors (Lipinski definition) is 0. The Morgan fingerprint density at radius 2 is 1.11 bits per heavy atom. The molecule has 0 fully saturated rings. The number of hydrogen-bond donors (Lipinski definition) is 0. The summed E-state index contributed by atoms with van der Waals surface area (Å²) in [6.07, 6.45) is 24.4. The Bertz CT molecular complexity index is 210. The van der Waals surface area contributed by atoms with E-state index in [0.29, 0.717) is 0 Å². The largest absolute Gasteiger partial charge is 0.0917 e. The summed E-state index contributed by atoms with van der Waals surface area (Å²) in [4.78, 5) is 0. The molecule has 0 rings (SSSR count). The molecule has 0 bridgehead atoms. The van der Waals surface area contributed by atoms with E-state index in [2.05, 4.69) is 45.1 Å². The maximum Gasteiger partial charge on any atom is -0.0327 e. The SMILES string of the molecule is C/C=C/CCCCCCCCCC/C=C/CC(C)C. The van der Waals surface area contributed by atoms with Gasteiger partial charge >= 0.3 is 0 Å². The minimum atomic E-state index is 0.809. The van der Waals surface area contributed by atoms with Crippen LogP contribution < -0.4 is 0 Å². The summed E-state index contributed by atoms with van der Waals surface area (Å²) >= 11 is 0. The number of allylic oxidation sites excluding steroid dienone is 4. The van der Waals surface area contributed by atoms with Gasteiger partial charge in [-0.25, -0.2) is 0 Å². The highest BCUT2D eigenvalue weighted by Gasteiger charge is 1.92. The quantitative estimate of drug-likeness (QED) is 0.246. The highest BCUT2D eigenvalue weighted by Crippen LogP contribution is 2.11. The van der Waals surface area contributed by atoms with Gasteiger partial charge in [-0.05, 0) is 44.9 Å². The van der Waals surface area contributed by atoms with Crippen LogP contribution in [0.15, 0.2) is 24.3 Å². The maximum atomic E-state index is 2.38. The average Bonchev–Trinajstić information content (AvgIpc) is 2.39. The summed E-state index contributed by atoms with van der Waals surface area (Å²) in [5, 5.41) is 0. The van der Waals surface area contributed by atoms with E-state index in [0.717, 1.165) is 5.92 Å². The molecule has 112 valence electrons. The van der Waals surface area contributed by atoms with Crippen LogP contribution in [-0.2, 0) is 0 Å². The first-order valence-electron chi connectivity index (χ1n) is 8.53. The Balaban J connectivity index is 3.04. The lowest BCUT2D eigenvalue weighted by Gasteiger charge is -2.01. The first kappa shape index (κ1) is 18.5. The molecule has 0 nitrogen and oxygen atoms in total. The third kappa shape index (κ3) is 17.5.